The van der Waals surface area contributed by atoms with Crippen LogP contribution in [0.25, 0.3) is 0 Å². The summed E-state index contributed by atoms with van der Waals surface area (Å²) in [5.74, 6) is -1.50. The first-order valence-corrected chi connectivity index (χ1v) is 7.95. The van der Waals surface area contributed by atoms with E-state index in [0.717, 1.165) is 0 Å². The molecule has 0 spiro atoms. The second kappa shape index (κ2) is 7.61. The van der Waals surface area contributed by atoms with Gasteiger partial charge in [-0.15, -0.1) is 0 Å². The van der Waals surface area contributed by atoms with Crippen LogP contribution in [0.3, 0.4) is 0 Å². The summed E-state index contributed by atoms with van der Waals surface area (Å²) in [6.07, 6.45) is 1.27. The molecule has 0 bridgehead atoms. The van der Waals surface area contributed by atoms with E-state index in [1.54, 1.807) is 26.8 Å². The van der Waals surface area contributed by atoms with Crippen molar-refractivity contribution in [2.75, 3.05) is 0 Å². The number of nitrogens with one attached hydrogen (secondary N) is 1. The molecule has 0 aliphatic carbocycles. The lowest BCUT2D eigenvalue weighted by molar-refractivity contribution is 0.00688. The fourth-order valence-corrected chi connectivity index (χ4v) is 2.08. The van der Waals surface area contributed by atoms with Gasteiger partial charge in [-0.1, -0.05) is 17.7 Å². The Hall–Kier alpha value is -2.47. The SMILES string of the molecule is CC(C)(C)OC(=O)c1ccc(C(=O)NCc2ccc(Cl)cc2F)nc1. The van der Waals surface area contributed by atoms with E-state index >= 15 is 0 Å². The second-order valence-electron chi connectivity index (χ2n) is 6.35. The van der Waals surface area contributed by atoms with Gasteiger partial charge in [0.05, 0.1) is 5.56 Å². The first kappa shape index (κ1) is 18.9. The third kappa shape index (κ3) is 5.53. The summed E-state index contributed by atoms with van der Waals surface area (Å²) in [6, 6.07) is 7.08. The van der Waals surface area contributed by atoms with Crippen LogP contribution >= 0.6 is 11.6 Å². The van der Waals surface area contributed by atoms with Gasteiger partial charge in [-0.25, -0.2) is 9.18 Å². The van der Waals surface area contributed by atoms with Crippen molar-refractivity contribution < 1.29 is 18.7 Å². The zero-order chi connectivity index (χ0) is 18.6. The van der Waals surface area contributed by atoms with Crippen LogP contribution in [0.2, 0.25) is 5.02 Å². The molecule has 2 rings (SSSR count). The van der Waals surface area contributed by atoms with E-state index in [9.17, 15) is 14.0 Å². The second-order valence-corrected chi connectivity index (χ2v) is 6.79. The topological polar surface area (TPSA) is 68.3 Å². The Morgan fingerprint density at radius 1 is 1.24 bits per heavy atom. The van der Waals surface area contributed by atoms with Gasteiger partial charge >= 0.3 is 5.97 Å². The number of hydrogen-bond acceptors (Lipinski definition) is 4. The summed E-state index contributed by atoms with van der Waals surface area (Å²) in [7, 11) is 0. The molecule has 0 unspecified atom stereocenters. The van der Waals surface area contributed by atoms with Crippen molar-refractivity contribution in [2.24, 2.45) is 0 Å². The number of pyridine rings is 1. The molecule has 7 heteroatoms. The predicted molar refractivity (Wildman–Crippen MR) is 92.0 cm³/mol. The number of esters is 1. The first-order chi connectivity index (χ1) is 11.7. The largest absolute Gasteiger partial charge is 0.456 e. The number of amides is 1. The van der Waals surface area contributed by atoms with Crippen LogP contribution in [0, 0.1) is 5.82 Å². The number of benzene rings is 1. The zero-order valence-corrected chi connectivity index (χ0v) is 14.9. The van der Waals surface area contributed by atoms with Crippen molar-refractivity contribution in [3.05, 3.63) is 64.2 Å². The van der Waals surface area contributed by atoms with Gasteiger partial charge in [0, 0.05) is 23.3 Å². The van der Waals surface area contributed by atoms with Crippen LogP contribution in [0.4, 0.5) is 4.39 Å². The molecule has 0 aliphatic heterocycles. The lowest BCUT2D eigenvalue weighted by Crippen LogP contribution is -2.25. The average Bonchev–Trinajstić information content (AvgIpc) is 2.52. The fourth-order valence-electron chi connectivity index (χ4n) is 1.92. The molecule has 0 atom stereocenters. The van der Waals surface area contributed by atoms with Gasteiger partial charge in [0.1, 0.15) is 17.1 Å². The average molecular weight is 365 g/mol. The lowest BCUT2D eigenvalue weighted by atomic mass is 10.2. The summed E-state index contributed by atoms with van der Waals surface area (Å²) < 4.78 is 18.9. The molecular weight excluding hydrogens is 347 g/mol. The van der Waals surface area contributed by atoms with Crippen LogP contribution in [0.1, 0.15) is 47.2 Å². The summed E-state index contributed by atoms with van der Waals surface area (Å²) in [5.41, 5.74) is 0.0514. The third-order valence-corrected chi connectivity index (χ3v) is 3.32. The van der Waals surface area contributed by atoms with E-state index in [-0.39, 0.29) is 22.8 Å². The molecule has 25 heavy (non-hydrogen) atoms. The van der Waals surface area contributed by atoms with Crippen molar-refractivity contribution in [3.63, 3.8) is 0 Å². The molecule has 132 valence electrons. The van der Waals surface area contributed by atoms with Crippen LogP contribution < -0.4 is 5.32 Å². The molecule has 2 aromatic rings. The molecular formula is C18H18ClFN2O3. The quantitative estimate of drug-likeness (QED) is 0.839. The molecule has 0 aliphatic rings. The van der Waals surface area contributed by atoms with Crippen molar-refractivity contribution in [1.82, 2.24) is 10.3 Å². The van der Waals surface area contributed by atoms with Crippen LogP contribution in [-0.2, 0) is 11.3 Å². The van der Waals surface area contributed by atoms with Gasteiger partial charge in [0.2, 0.25) is 0 Å². The predicted octanol–water partition coefficient (Wildman–Crippen LogP) is 3.76. The first-order valence-electron chi connectivity index (χ1n) is 7.57. The van der Waals surface area contributed by atoms with E-state index < -0.39 is 23.3 Å². The highest BCUT2D eigenvalue weighted by Crippen LogP contribution is 2.15. The Morgan fingerprint density at radius 3 is 2.52 bits per heavy atom. The van der Waals surface area contributed by atoms with Gasteiger partial charge in [-0.05, 0) is 45.0 Å². The Labute approximate surface area is 150 Å². The Balaban J connectivity index is 1.99. The minimum atomic E-state index is -0.615. The normalized spacial score (nSPS) is 11.1. The third-order valence-electron chi connectivity index (χ3n) is 3.09. The molecule has 0 fully saturated rings. The molecule has 0 radical (unpaired) electrons. The molecule has 1 amide bonds. The number of aromatic nitrogens is 1. The van der Waals surface area contributed by atoms with E-state index in [4.69, 9.17) is 16.3 Å². The van der Waals surface area contributed by atoms with Crippen LogP contribution in [0.5, 0.6) is 0 Å². The number of carbonyl (C=O) groups excluding carboxylic acids is 2. The highest BCUT2D eigenvalue weighted by Gasteiger charge is 2.18. The van der Waals surface area contributed by atoms with E-state index in [1.165, 1.54) is 30.5 Å². The summed E-state index contributed by atoms with van der Waals surface area (Å²) >= 11 is 5.68. The monoisotopic (exact) mass is 364 g/mol. The van der Waals surface area contributed by atoms with Crippen LogP contribution in [-0.4, -0.2) is 22.5 Å². The Morgan fingerprint density at radius 2 is 1.96 bits per heavy atom. The van der Waals surface area contributed by atoms with E-state index in [0.29, 0.717) is 5.56 Å². The van der Waals surface area contributed by atoms with Gasteiger partial charge in [0.25, 0.3) is 5.91 Å². The van der Waals surface area contributed by atoms with E-state index in [2.05, 4.69) is 10.3 Å². The number of rotatable bonds is 4. The zero-order valence-electron chi connectivity index (χ0n) is 14.1. The maximum absolute atomic E-state index is 13.7. The standard InChI is InChI=1S/C18H18ClFN2O3/c1-18(2,3)25-17(24)12-5-7-15(21-10-12)16(23)22-9-11-4-6-13(19)8-14(11)20/h4-8,10H,9H2,1-3H3,(H,22,23). The smallest absolute Gasteiger partial charge is 0.340 e. The molecule has 0 saturated heterocycles. The van der Waals surface area contributed by atoms with Crippen molar-refractivity contribution in [2.45, 2.75) is 32.9 Å². The fraction of sp³-hybridized carbons (Fsp3) is 0.278. The highest BCUT2D eigenvalue weighted by atomic mass is 35.5. The number of nitrogens with zero attached hydrogens (tertiary/aromatic N) is 1. The van der Waals surface area contributed by atoms with Gasteiger partial charge in [-0.2, -0.15) is 0 Å². The maximum atomic E-state index is 13.7. The summed E-state index contributed by atoms with van der Waals surface area (Å²) in [6.45, 7) is 5.28. The van der Waals surface area contributed by atoms with Crippen molar-refractivity contribution in [3.8, 4) is 0 Å². The van der Waals surface area contributed by atoms with Crippen LogP contribution in [0.15, 0.2) is 36.5 Å². The molecule has 1 aromatic heterocycles. The van der Waals surface area contributed by atoms with Gasteiger partial charge < -0.3 is 10.1 Å². The molecule has 1 aromatic carbocycles. The minimum absolute atomic E-state index is 0.00265. The number of carbonyl (C=O) groups is 2. The highest BCUT2D eigenvalue weighted by molar-refractivity contribution is 6.30. The number of ether oxygens (including phenoxy) is 1. The summed E-state index contributed by atoms with van der Waals surface area (Å²) in [4.78, 5) is 27.9. The lowest BCUT2D eigenvalue weighted by Gasteiger charge is -2.19. The van der Waals surface area contributed by atoms with Crippen molar-refractivity contribution in [1.29, 1.82) is 0 Å². The maximum Gasteiger partial charge on any atom is 0.340 e. The van der Waals surface area contributed by atoms with Gasteiger partial charge in [-0.3, -0.25) is 9.78 Å². The Bertz CT molecular complexity index is 786. The van der Waals surface area contributed by atoms with Crippen molar-refractivity contribution >= 4 is 23.5 Å². The molecule has 5 nitrogen and oxygen atoms in total. The number of hydrogen-bond donors (Lipinski definition) is 1. The molecule has 1 N–H and O–H groups in total. The Kier molecular flexibility index (Phi) is 5.74. The molecule has 0 saturated carbocycles. The molecule has 1 heterocycles. The summed E-state index contributed by atoms with van der Waals surface area (Å²) in [5, 5.41) is 2.85. The van der Waals surface area contributed by atoms with Gasteiger partial charge in [0.15, 0.2) is 0 Å². The minimum Gasteiger partial charge on any atom is -0.456 e. The number of halogens is 2. The van der Waals surface area contributed by atoms with E-state index in [1.807, 2.05) is 0 Å².